The monoisotopic (exact) mass is 464 g/mol. The zero-order chi connectivity index (χ0) is 18.6. The van der Waals surface area contributed by atoms with Crippen LogP contribution in [0, 0.1) is 9.12 Å². The first-order valence-electron chi connectivity index (χ1n) is 8.66. The molecule has 0 aliphatic carbocycles. The van der Waals surface area contributed by atoms with Crippen molar-refractivity contribution in [2.45, 2.75) is 58.8 Å². The maximum atomic E-state index is 11.0. The second-order valence-electron chi connectivity index (χ2n) is 7.67. The largest absolute Gasteiger partial charge is 0.448 e. The van der Waals surface area contributed by atoms with Gasteiger partial charge in [-0.15, -0.1) is 0 Å². The minimum atomic E-state index is -0.737. The van der Waals surface area contributed by atoms with E-state index in [1.165, 1.54) is 6.42 Å². The van der Waals surface area contributed by atoms with Gasteiger partial charge in [0.25, 0.3) is 0 Å². The Kier molecular flexibility index (Phi) is 7.10. The summed E-state index contributed by atoms with van der Waals surface area (Å²) in [4.78, 5) is 13.2. The summed E-state index contributed by atoms with van der Waals surface area (Å²) in [7, 11) is 2.03. The van der Waals surface area contributed by atoms with E-state index < -0.39 is 6.09 Å². The minimum absolute atomic E-state index is 0.0398. The number of aromatic nitrogens is 2. The van der Waals surface area contributed by atoms with E-state index >= 15 is 0 Å². The lowest BCUT2D eigenvalue weighted by Gasteiger charge is -2.37. The number of ether oxygens (including phenoxy) is 2. The van der Waals surface area contributed by atoms with E-state index in [2.05, 4.69) is 59.6 Å². The normalized spacial score (nSPS) is 19.8. The van der Waals surface area contributed by atoms with Crippen molar-refractivity contribution in [1.29, 1.82) is 0 Å². The highest BCUT2D eigenvalue weighted by atomic mass is 127. The average molecular weight is 464 g/mol. The summed E-state index contributed by atoms with van der Waals surface area (Å²) in [6.07, 6.45) is 4.68. The number of rotatable bonds is 6. The molecule has 7 nitrogen and oxygen atoms in total. The van der Waals surface area contributed by atoms with E-state index in [-0.39, 0.29) is 24.3 Å². The van der Waals surface area contributed by atoms with Crippen LogP contribution in [-0.2, 0) is 16.0 Å². The van der Waals surface area contributed by atoms with Gasteiger partial charge in [-0.05, 0) is 54.3 Å². The molecule has 1 amide bonds. The van der Waals surface area contributed by atoms with Crippen molar-refractivity contribution in [3.05, 3.63) is 15.5 Å². The Morgan fingerprint density at radius 2 is 2.28 bits per heavy atom. The van der Waals surface area contributed by atoms with Crippen LogP contribution in [0.5, 0.6) is 0 Å². The molecule has 1 saturated heterocycles. The van der Waals surface area contributed by atoms with Crippen LogP contribution in [0.4, 0.5) is 4.79 Å². The van der Waals surface area contributed by atoms with Gasteiger partial charge in [-0.1, -0.05) is 20.8 Å². The summed E-state index contributed by atoms with van der Waals surface area (Å²) in [6, 6.07) is 0.0464. The number of hydrogen-bond acceptors (Lipinski definition) is 5. The fourth-order valence-corrected chi connectivity index (χ4v) is 3.73. The fourth-order valence-electron chi connectivity index (χ4n) is 3.17. The molecule has 1 aliphatic heterocycles. The number of halogens is 1. The van der Waals surface area contributed by atoms with Gasteiger partial charge < -0.3 is 15.2 Å². The Balaban J connectivity index is 2.07. The lowest BCUT2D eigenvalue weighted by molar-refractivity contribution is -0.0397. The summed E-state index contributed by atoms with van der Waals surface area (Å²) >= 11 is 2.27. The van der Waals surface area contributed by atoms with Gasteiger partial charge in [-0.25, -0.2) is 9.48 Å². The molecule has 8 heteroatoms. The van der Waals surface area contributed by atoms with Crippen LogP contribution >= 0.6 is 22.6 Å². The zero-order valence-electron chi connectivity index (χ0n) is 15.5. The van der Waals surface area contributed by atoms with Crippen LogP contribution in [0.1, 0.15) is 51.8 Å². The Morgan fingerprint density at radius 3 is 2.84 bits per heavy atom. The highest BCUT2D eigenvalue weighted by molar-refractivity contribution is 14.1. The highest BCUT2D eigenvalue weighted by Crippen LogP contribution is 2.27. The Morgan fingerprint density at radius 1 is 1.56 bits per heavy atom. The van der Waals surface area contributed by atoms with Crippen LogP contribution in [0.25, 0.3) is 0 Å². The molecule has 2 N–H and O–H groups in total. The summed E-state index contributed by atoms with van der Waals surface area (Å²) < 4.78 is 13.8. The van der Waals surface area contributed by atoms with E-state index in [4.69, 9.17) is 15.2 Å². The smallest absolute Gasteiger partial charge is 0.404 e. The second-order valence-corrected chi connectivity index (χ2v) is 8.70. The van der Waals surface area contributed by atoms with Gasteiger partial charge in [0.15, 0.2) is 0 Å². The number of carbonyl (C=O) groups is 1. The molecule has 0 radical (unpaired) electrons. The van der Waals surface area contributed by atoms with Crippen LogP contribution in [-0.4, -0.2) is 47.1 Å². The Hall–Kier alpha value is -0.870. The molecule has 1 aromatic heterocycles. The van der Waals surface area contributed by atoms with Gasteiger partial charge in [0.1, 0.15) is 16.5 Å². The third-order valence-electron chi connectivity index (χ3n) is 4.54. The van der Waals surface area contributed by atoms with E-state index in [0.29, 0.717) is 0 Å². The average Bonchev–Trinajstić information content (AvgIpc) is 2.87. The molecule has 0 saturated carbocycles. The number of likely N-dealkylation sites (N-methyl/N-ethyl adjacent to an activating group) is 1. The summed E-state index contributed by atoms with van der Waals surface area (Å²) in [5.74, 6) is 0. The second kappa shape index (κ2) is 8.68. The molecule has 2 atom stereocenters. The molecule has 2 unspecified atom stereocenters. The fraction of sp³-hybridized carbons (Fsp3) is 0.765. The van der Waals surface area contributed by atoms with Crippen LogP contribution in [0.3, 0.4) is 0 Å². The number of carbonyl (C=O) groups excluding carboxylic acids is 1. The molecule has 2 rings (SSSR count). The van der Waals surface area contributed by atoms with Crippen molar-refractivity contribution in [1.82, 2.24) is 14.7 Å². The SMILES string of the molecule is CN(Cc1cn(C2CCCCO2)nc1I)C(COC(N)=O)C(C)(C)C. The lowest BCUT2D eigenvalue weighted by atomic mass is 9.86. The molecule has 0 aromatic carbocycles. The third kappa shape index (κ3) is 5.82. The number of nitrogens with zero attached hydrogens (tertiary/aromatic N) is 3. The van der Waals surface area contributed by atoms with Crippen molar-refractivity contribution in [3.8, 4) is 0 Å². The number of hydrogen-bond donors (Lipinski definition) is 1. The third-order valence-corrected chi connectivity index (χ3v) is 5.45. The first kappa shape index (κ1) is 20.4. The predicted octanol–water partition coefficient (Wildman–Crippen LogP) is 3.13. The van der Waals surface area contributed by atoms with Crippen LogP contribution in [0.15, 0.2) is 6.20 Å². The summed E-state index contributed by atoms with van der Waals surface area (Å²) in [5.41, 5.74) is 6.23. The number of nitrogens with two attached hydrogens (primary N) is 1. The van der Waals surface area contributed by atoms with E-state index in [9.17, 15) is 4.79 Å². The molecular formula is C17H29IN4O3. The highest BCUT2D eigenvalue weighted by Gasteiger charge is 2.30. The maximum Gasteiger partial charge on any atom is 0.404 e. The zero-order valence-corrected chi connectivity index (χ0v) is 17.7. The van der Waals surface area contributed by atoms with E-state index in [0.717, 1.165) is 35.3 Å². The molecule has 1 fully saturated rings. The first-order chi connectivity index (χ1) is 11.7. The molecule has 0 bridgehead atoms. The molecule has 0 spiro atoms. The molecule has 2 heterocycles. The van der Waals surface area contributed by atoms with Gasteiger partial charge in [-0.3, -0.25) is 4.90 Å². The molecule has 1 aromatic rings. The van der Waals surface area contributed by atoms with Crippen molar-refractivity contribution in [2.24, 2.45) is 11.1 Å². The van der Waals surface area contributed by atoms with E-state index in [1.807, 2.05) is 11.7 Å². The van der Waals surface area contributed by atoms with Crippen LogP contribution < -0.4 is 5.73 Å². The molecule has 1 aliphatic rings. The quantitative estimate of drug-likeness (QED) is 0.655. The van der Waals surface area contributed by atoms with Gasteiger partial charge in [-0.2, -0.15) is 5.10 Å². The predicted molar refractivity (Wildman–Crippen MR) is 104 cm³/mol. The topological polar surface area (TPSA) is 82.6 Å². The Labute approximate surface area is 163 Å². The molecule has 25 heavy (non-hydrogen) atoms. The number of primary amides is 1. The minimum Gasteiger partial charge on any atom is -0.448 e. The van der Waals surface area contributed by atoms with E-state index in [1.54, 1.807) is 0 Å². The van der Waals surface area contributed by atoms with Gasteiger partial charge in [0, 0.05) is 31.0 Å². The number of amides is 1. The summed E-state index contributed by atoms with van der Waals surface area (Å²) in [6.45, 7) is 8.17. The standard InChI is InChI=1S/C17H29IN4O3/c1-17(2,3)13(11-25-16(19)23)21(4)9-12-10-22(20-15(12)18)14-7-5-6-8-24-14/h10,13-14H,5-9,11H2,1-4H3,(H2,19,23). The van der Waals surface area contributed by atoms with Crippen molar-refractivity contribution in [2.75, 3.05) is 20.3 Å². The maximum absolute atomic E-state index is 11.0. The van der Waals surface area contributed by atoms with Crippen LogP contribution in [0.2, 0.25) is 0 Å². The van der Waals surface area contributed by atoms with Crippen molar-refractivity contribution < 1.29 is 14.3 Å². The van der Waals surface area contributed by atoms with Crippen molar-refractivity contribution in [3.63, 3.8) is 0 Å². The lowest BCUT2D eigenvalue weighted by Crippen LogP contribution is -2.45. The van der Waals surface area contributed by atoms with Gasteiger partial charge >= 0.3 is 6.09 Å². The molecular weight excluding hydrogens is 435 g/mol. The first-order valence-corrected chi connectivity index (χ1v) is 9.74. The Bertz CT molecular complexity index is 579. The van der Waals surface area contributed by atoms with Gasteiger partial charge in [0.2, 0.25) is 0 Å². The molecule has 142 valence electrons. The van der Waals surface area contributed by atoms with Gasteiger partial charge in [0.05, 0.1) is 0 Å². The van der Waals surface area contributed by atoms with Crippen molar-refractivity contribution >= 4 is 28.7 Å². The summed E-state index contributed by atoms with van der Waals surface area (Å²) in [5, 5.41) is 4.63.